The van der Waals surface area contributed by atoms with Gasteiger partial charge in [-0.3, -0.25) is 4.79 Å². The summed E-state index contributed by atoms with van der Waals surface area (Å²) >= 11 is 3.30. The molecule has 1 N–H and O–H groups in total. The van der Waals surface area contributed by atoms with Gasteiger partial charge < -0.3 is 10.1 Å². The molecule has 1 aliphatic rings. The van der Waals surface area contributed by atoms with Crippen molar-refractivity contribution in [2.45, 2.75) is 17.7 Å². The molecule has 0 spiro atoms. The normalized spacial score (nSPS) is 17.5. The Morgan fingerprint density at radius 2 is 1.76 bits per heavy atom. The number of esters is 1. The minimum absolute atomic E-state index is 0.129. The van der Waals surface area contributed by atoms with Gasteiger partial charge in [-0.05, 0) is 61.4 Å². The van der Waals surface area contributed by atoms with Crippen LogP contribution in [0.15, 0.2) is 57.9 Å². The van der Waals surface area contributed by atoms with Crippen LogP contribution in [0.3, 0.4) is 0 Å². The fourth-order valence-electron chi connectivity index (χ4n) is 3.18. The lowest BCUT2D eigenvalue weighted by Crippen LogP contribution is -2.43. The first kappa shape index (κ1) is 21.5. The number of amides is 1. The van der Waals surface area contributed by atoms with E-state index in [4.69, 9.17) is 0 Å². The summed E-state index contributed by atoms with van der Waals surface area (Å²) in [7, 11) is -2.35. The molecule has 0 unspecified atom stereocenters. The number of nitrogens with zero attached hydrogens (tertiary/aromatic N) is 1. The molecule has 3 rings (SSSR count). The van der Waals surface area contributed by atoms with Crippen LogP contribution in [0.1, 0.15) is 23.2 Å². The fraction of sp³-hybridized carbons (Fsp3) is 0.300. The summed E-state index contributed by atoms with van der Waals surface area (Å²) in [5.41, 5.74) is 0.922. The maximum absolute atomic E-state index is 12.9. The Morgan fingerprint density at radius 1 is 1.10 bits per heavy atom. The Hall–Kier alpha value is -2.23. The number of anilines is 1. The van der Waals surface area contributed by atoms with Gasteiger partial charge in [0.1, 0.15) is 0 Å². The van der Waals surface area contributed by atoms with E-state index in [1.165, 1.54) is 11.4 Å². The third kappa shape index (κ3) is 5.04. The lowest BCUT2D eigenvalue weighted by Gasteiger charge is -2.31. The zero-order valence-electron chi connectivity index (χ0n) is 15.8. The largest absolute Gasteiger partial charge is 0.465 e. The highest BCUT2D eigenvalue weighted by atomic mass is 79.9. The standard InChI is InChI=1S/C20H21BrN2O5S/c1-28-20(25)14-4-8-17(9-5-14)22-19(24)15-3-2-12-23(13-15)29(26,27)18-10-6-16(21)7-11-18/h4-11,15H,2-3,12-13H2,1H3,(H,22,24)/t15-/m1/s1. The molecule has 1 saturated heterocycles. The number of carbonyl (C=O) groups excluding carboxylic acids is 2. The average Bonchev–Trinajstić information content (AvgIpc) is 2.74. The van der Waals surface area contributed by atoms with E-state index in [0.29, 0.717) is 30.6 Å². The number of halogens is 1. The molecule has 7 nitrogen and oxygen atoms in total. The molecule has 1 heterocycles. The number of ether oxygens (including phenoxy) is 1. The van der Waals surface area contributed by atoms with Crippen LogP contribution in [-0.4, -0.2) is 44.8 Å². The van der Waals surface area contributed by atoms with Gasteiger partial charge in [0.05, 0.1) is 23.5 Å². The summed E-state index contributed by atoms with van der Waals surface area (Å²) in [6, 6.07) is 12.8. The Bertz CT molecular complexity index is 991. The van der Waals surface area contributed by atoms with E-state index in [9.17, 15) is 18.0 Å². The third-order valence-corrected chi connectivity index (χ3v) is 7.19. The maximum Gasteiger partial charge on any atom is 0.337 e. The summed E-state index contributed by atoms with van der Waals surface area (Å²) in [4.78, 5) is 24.4. The number of hydrogen-bond donors (Lipinski definition) is 1. The third-order valence-electron chi connectivity index (χ3n) is 4.78. The minimum atomic E-state index is -3.66. The molecule has 1 fully saturated rings. The summed E-state index contributed by atoms with van der Waals surface area (Å²) in [5.74, 6) is -1.15. The van der Waals surface area contributed by atoms with E-state index in [1.54, 1.807) is 48.5 Å². The van der Waals surface area contributed by atoms with Gasteiger partial charge in [0.2, 0.25) is 15.9 Å². The number of nitrogens with one attached hydrogen (secondary N) is 1. The van der Waals surface area contributed by atoms with E-state index < -0.39 is 21.9 Å². The molecule has 9 heteroatoms. The summed E-state index contributed by atoms with van der Waals surface area (Å²) in [6.45, 7) is 0.514. The first-order valence-electron chi connectivity index (χ1n) is 9.06. The molecule has 2 aromatic carbocycles. The maximum atomic E-state index is 12.9. The van der Waals surface area contributed by atoms with Crippen molar-refractivity contribution in [3.05, 3.63) is 58.6 Å². The number of piperidine rings is 1. The smallest absolute Gasteiger partial charge is 0.337 e. The minimum Gasteiger partial charge on any atom is -0.465 e. The lowest BCUT2D eigenvalue weighted by molar-refractivity contribution is -0.120. The predicted molar refractivity (Wildman–Crippen MR) is 112 cm³/mol. The van der Waals surface area contributed by atoms with Crippen LogP contribution in [-0.2, 0) is 19.6 Å². The van der Waals surface area contributed by atoms with E-state index in [-0.39, 0.29) is 17.3 Å². The second kappa shape index (κ2) is 9.06. The van der Waals surface area contributed by atoms with E-state index >= 15 is 0 Å². The molecule has 0 saturated carbocycles. The second-order valence-electron chi connectivity index (χ2n) is 6.71. The average molecular weight is 481 g/mol. The second-order valence-corrected chi connectivity index (χ2v) is 9.57. The van der Waals surface area contributed by atoms with Gasteiger partial charge in [-0.25, -0.2) is 13.2 Å². The molecule has 0 aromatic heterocycles. The molecule has 0 radical (unpaired) electrons. The molecular formula is C20H21BrN2O5S. The Morgan fingerprint density at radius 3 is 2.38 bits per heavy atom. The molecule has 1 amide bonds. The molecule has 0 aliphatic carbocycles. The molecule has 0 bridgehead atoms. The van der Waals surface area contributed by atoms with Crippen LogP contribution in [0.5, 0.6) is 0 Å². The molecular weight excluding hydrogens is 460 g/mol. The summed E-state index contributed by atoms with van der Waals surface area (Å²) < 4.78 is 32.6. The monoisotopic (exact) mass is 480 g/mol. The number of carbonyl (C=O) groups is 2. The highest BCUT2D eigenvalue weighted by molar-refractivity contribution is 9.10. The van der Waals surface area contributed by atoms with Crippen molar-refractivity contribution < 1.29 is 22.7 Å². The van der Waals surface area contributed by atoms with Crippen molar-refractivity contribution >= 4 is 43.5 Å². The summed E-state index contributed by atoms with van der Waals surface area (Å²) in [6.07, 6.45) is 1.22. The SMILES string of the molecule is COC(=O)c1ccc(NC(=O)[C@@H]2CCCN(S(=O)(=O)c3ccc(Br)cc3)C2)cc1. The Balaban J connectivity index is 1.67. The van der Waals surface area contributed by atoms with Crippen LogP contribution in [0.25, 0.3) is 0 Å². The van der Waals surface area contributed by atoms with E-state index in [2.05, 4.69) is 26.0 Å². The van der Waals surface area contributed by atoms with Gasteiger partial charge in [-0.1, -0.05) is 15.9 Å². The molecule has 154 valence electrons. The number of methoxy groups -OCH3 is 1. The Labute approximate surface area is 178 Å². The van der Waals surface area contributed by atoms with Crippen LogP contribution >= 0.6 is 15.9 Å². The van der Waals surface area contributed by atoms with Crippen LogP contribution in [0.2, 0.25) is 0 Å². The van der Waals surface area contributed by atoms with Crippen molar-refractivity contribution in [2.75, 3.05) is 25.5 Å². The Kier molecular flexibility index (Phi) is 6.71. The lowest BCUT2D eigenvalue weighted by atomic mass is 9.98. The van der Waals surface area contributed by atoms with Crippen LogP contribution in [0.4, 0.5) is 5.69 Å². The molecule has 2 aromatic rings. The predicted octanol–water partition coefficient (Wildman–Crippen LogP) is 3.28. The van der Waals surface area contributed by atoms with E-state index in [1.807, 2.05) is 0 Å². The fourth-order valence-corrected chi connectivity index (χ4v) is 4.97. The number of sulfonamides is 1. The highest BCUT2D eigenvalue weighted by Gasteiger charge is 2.33. The van der Waals surface area contributed by atoms with Gasteiger partial charge in [0.25, 0.3) is 0 Å². The quantitative estimate of drug-likeness (QED) is 0.662. The van der Waals surface area contributed by atoms with Crippen molar-refractivity contribution in [3.63, 3.8) is 0 Å². The molecule has 29 heavy (non-hydrogen) atoms. The number of benzene rings is 2. The molecule has 1 atom stereocenters. The van der Waals surface area contributed by atoms with Crippen molar-refractivity contribution in [1.82, 2.24) is 4.31 Å². The first-order chi connectivity index (χ1) is 13.8. The van der Waals surface area contributed by atoms with Crippen LogP contribution in [0, 0.1) is 5.92 Å². The van der Waals surface area contributed by atoms with Crippen LogP contribution < -0.4 is 5.32 Å². The number of hydrogen-bond acceptors (Lipinski definition) is 5. The zero-order chi connectivity index (χ0) is 21.0. The van der Waals surface area contributed by atoms with Gasteiger partial charge in [0.15, 0.2) is 0 Å². The van der Waals surface area contributed by atoms with Gasteiger partial charge in [-0.15, -0.1) is 0 Å². The van der Waals surface area contributed by atoms with Gasteiger partial charge >= 0.3 is 5.97 Å². The van der Waals surface area contributed by atoms with Crippen molar-refractivity contribution in [3.8, 4) is 0 Å². The topological polar surface area (TPSA) is 92.8 Å². The van der Waals surface area contributed by atoms with Gasteiger partial charge in [-0.2, -0.15) is 4.31 Å². The highest BCUT2D eigenvalue weighted by Crippen LogP contribution is 2.25. The number of rotatable bonds is 5. The van der Waals surface area contributed by atoms with Gasteiger partial charge in [0, 0.05) is 23.2 Å². The molecule has 1 aliphatic heterocycles. The van der Waals surface area contributed by atoms with Crippen molar-refractivity contribution in [1.29, 1.82) is 0 Å². The van der Waals surface area contributed by atoms with Crippen molar-refractivity contribution in [2.24, 2.45) is 5.92 Å². The van der Waals surface area contributed by atoms with E-state index in [0.717, 1.165) is 4.47 Å². The first-order valence-corrected chi connectivity index (χ1v) is 11.3. The summed E-state index contributed by atoms with van der Waals surface area (Å²) in [5, 5.41) is 2.80. The zero-order valence-corrected chi connectivity index (χ0v) is 18.2.